The van der Waals surface area contributed by atoms with Gasteiger partial charge in [0.25, 0.3) is 0 Å². The maximum atomic E-state index is 6.61. The molecule has 1 heteroatoms. The van der Waals surface area contributed by atoms with Crippen LogP contribution in [0.1, 0.15) is 43.6 Å². The van der Waals surface area contributed by atoms with Crippen LogP contribution in [0.3, 0.4) is 0 Å². The summed E-state index contributed by atoms with van der Waals surface area (Å²) < 4.78 is 6.61. The van der Waals surface area contributed by atoms with Crippen molar-refractivity contribution in [1.29, 1.82) is 0 Å². The molecule has 0 unspecified atom stereocenters. The lowest BCUT2D eigenvalue weighted by molar-refractivity contribution is 0.445. The SMILES string of the molecule is c1ccc(-c2cccc3c2oc2cccc(-c4ccc5ccc6c(C7CCCCC7)ccc7ccc4c5c76)c23)cc1. The molecular weight excluding hydrogens is 496 g/mol. The van der Waals surface area contributed by atoms with Gasteiger partial charge in [0.15, 0.2) is 0 Å². The third kappa shape index (κ3) is 3.42. The highest BCUT2D eigenvalue weighted by Gasteiger charge is 2.22. The van der Waals surface area contributed by atoms with Crippen LogP contribution in [0.2, 0.25) is 0 Å². The lowest BCUT2D eigenvalue weighted by Gasteiger charge is -2.24. The zero-order valence-electron chi connectivity index (χ0n) is 23.0. The lowest BCUT2D eigenvalue weighted by atomic mass is 9.80. The van der Waals surface area contributed by atoms with Crippen molar-refractivity contribution in [2.75, 3.05) is 0 Å². The third-order valence-corrected chi connectivity index (χ3v) is 9.64. The van der Waals surface area contributed by atoms with Gasteiger partial charge in [0.2, 0.25) is 0 Å². The van der Waals surface area contributed by atoms with E-state index in [9.17, 15) is 0 Å². The van der Waals surface area contributed by atoms with Gasteiger partial charge in [0.1, 0.15) is 11.2 Å². The van der Waals surface area contributed by atoms with Gasteiger partial charge < -0.3 is 4.42 Å². The van der Waals surface area contributed by atoms with Crippen LogP contribution in [0, 0.1) is 0 Å². The van der Waals surface area contributed by atoms with Crippen molar-refractivity contribution in [2.24, 2.45) is 0 Å². The molecule has 8 aromatic rings. The normalized spacial score (nSPS) is 14.7. The van der Waals surface area contributed by atoms with E-state index in [1.807, 2.05) is 0 Å². The first-order chi connectivity index (χ1) is 20.3. The molecule has 0 aliphatic heterocycles. The second-order valence-electron chi connectivity index (χ2n) is 11.9. The Balaban J connectivity index is 1.32. The van der Waals surface area contributed by atoms with Crippen LogP contribution in [0.5, 0.6) is 0 Å². The lowest BCUT2D eigenvalue weighted by Crippen LogP contribution is -2.05. The first-order valence-electron chi connectivity index (χ1n) is 15.1. The van der Waals surface area contributed by atoms with E-state index < -0.39 is 0 Å². The van der Waals surface area contributed by atoms with Crippen LogP contribution in [0.15, 0.2) is 120 Å². The van der Waals surface area contributed by atoms with E-state index in [1.165, 1.54) is 91.9 Å². The van der Waals surface area contributed by atoms with Gasteiger partial charge in [-0.1, -0.05) is 128 Å². The fourth-order valence-corrected chi connectivity index (χ4v) is 7.75. The summed E-state index contributed by atoms with van der Waals surface area (Å²) in [6.45, 7) is 0. The Labute approximate surface area is 239 Å². The van der Waals surface area contributed by atoms with Crippen molar-refractivity contribution in [3.8, 4) is 22.3 Å². The molecule has 1 nitrogen and oxygen atoms in total. The second-order valence-corrected chi connectivity index (χ2v) is 11.9. The monoisotopic (exact) mass is 526 g/mol. The molecule has 0 amide bonds. The van der Waals surface area contributed by atoms with Gasteiger partial charge in [-0.2, -0.15) is 0 Å². The standard InChI is InChI=1S/C40H30O/c1-3-9-25(10-4-1)29-21-17-27-20-24-34-31(22-18-28-19-23-33(29)37(27)38(28)34)32-14-8-16-36-39(32)35-15-7-13-30(40(35)41-36)26-11-5-2-6-12-26/h2,5-8,11-25H,1,3-4,9-10H2. The summed E-state index contributed by atoms with van der Waals surface area (Å²) >= 11 is 0. The molecule has 0 radical (unpaired) electrons. The molecule has 196 valence electrons. The molecule has 0 N–H and O–H groups in total. The van der Waals surface area contributed by atoms with E-state index in [1.54, 1.807) is 5.56 Å². The molecule has 7 aromatic carbocycles. The van der Waals surface area contributed by atoms with Gasteiger partial charge in [0.05, 0.1) is 0 Å². The van der Waals surface area contributed by atoms with Crippen molar-refractivity contribution < 1.29 is 4.42 Å². The topological polar surface area (TPSA) is 13.1 Å². The van der Waals surface area contributed by atoms with E-state index in [-0.39, 0.29) is 0 Å². The zero-order chi connectivity index (χ0) is 26.9. The summed E-state index contributed by atoms with van der Waals surface area (Å²) in [4.78, 5) is 0. The summed E-state index contributed by atoms with van der Waals surface area (Å²) in [6.07, 6.45) is 6.72. The highest BCUT2D eigenvalue weighted by atomic mass is 16.3. The predicted molar refractivity (Wildman–Crippen MR) is 174 cm³/mol. The number of para-hydroxylation sites is 1. The second kappa shape index (κ2) is 8.94. The summed E-state index contributed by atoms with van der Waals surface area (Å²) in [5, 5.41) is 10.6. The fraction of sp³-hybridized carbons (Fsp3) is 0.150. The van der Waals surface area contributed by atoms with E-state index in [0.29, 0.717) is 5.92 Å². The number of fused-ring (bicyclic) bond motifs is 3. The van der Waals surface area contributed by atoms with Gasteiger partial charge in [-0.15, -0.1) is 0 Å². The molecule has 0 atom stereocenters. The maximum Gasteiger partial charge on any atom is 0.143 e. The summed E-state index contributed by atoms with van der Waals surface area (Å²) in [7, 11) is 0. The first kappa shape index (κ1) is 23.1. The molecule has 1 saturated carbocycles. The van der Waals surface area contributed by atoms with Crippen molar-refractivity contribution in [3.05, 3.63) is 121 Å². The van der Waals surface area contributed by atoms with Crippen LogP contribution in [-0.2, 0) is 0 Å². The highest BCUT2D eigenvalue weighted by molar-refractivity contribution is 6.27. The Morgan fingerprint density at radius 1 is 0.463 bits per heavy atom. The Morgan fingerprint density at radius 2 is 1.17 bits per heavy atom. The molecule has 1 aliphatic rings. The van der Waals surface area contributed by atoms with E-state index >= 15 is 0 Å². The molecule has 1 fully saturated rings. The van der Waals surface area contributed by atoms with Crippen LogP contribution < -0.4 is 0 Å². The molecule has 1 heterocycles. The minimum absolute atomic E-state index is 0.678. The molecule has 1 aliphatic carbocycles. The fourth-order valence-electron chi connectivity index (χ4n) is 7.75. The average Bonchev–Trinajstić information content (AvgIpc) is 3.43. The predicted octanol–water partition coefficient (Wildman–Crippen LogP) is 11.9. The smallest absolute Gasteiger partial charge is 0.143 e. The largest absolute Gasteiger partial charge is 0.455 e. The highest BCUT2D eigenvalue weighted by Crippen LogP contribution is 2.46. The van der Waals surface area contributed by atoms with Gasteiger partial charge in [-0.3, -0.25) is 0 Å². The number of benzene rings is 7. The van der Waals surface area contributed by atoms with E-state index in [2.05, 4.69) is 115 Å². The van der Waals surface area contributed by atoms with Gasteiger partial charge in [-0.05, 0) is 79.4 Å². The third-order valence-electron chi connectivity index (χ3n) is 9.64. The molecule has 0 saturated heterocycles. The number of furan rings is 1. The van der Waals surface area contributed by atoms with Crippen molar-refractivity contribution in [2.45, 2.75) is 38.0 Å². The molecule has 1 aromatic heterocycles. The Kier molecular flexibility index (Phi) is 5.04. The minimum atomic E-state index is 0.678. The van der Waals surface area contributed by atoms with Gasteiger partial charge in [0, 0.05) is 16.3 Å². The van der Waals surface area contributed by atoms with Crippen molar-refractivity contribution in [3.63, 3.8) is 0 Å². The van der Waals surface area contributed by atoms with Crippen molar-refractivity contribution >= 4 is 54.3 Å². The Hall–Kier alpha value is -4.62. The molecular formula is C40H30O. The van der Waals surface area contributed by atoms with Crippen LogP contribution in [0.4, 0.5) is 0 Å². The minimum Gasteiger partial charge on any atom is -0.455 e. The summed E-state index contributed by atoms with van der Waals surface area (Å²) in [5.74, 6) is 0.678. The Bertz CT molecular complexity index is 2230. The number of hydrogen-bond acceptors (Lipinski definition) is 1. The molecule has 0 spiro atoms. The van der Waals surface area contributed by atoms with E-state index in [0.717, 1.165) is 16.7 Å². The first-order valence-corrected chi connectivity index (χ1v) is 15.1. The molecule has 41 heavy (non-hydrogen) atoms. The summed E-state index contributed by atoms with van der Waals surface area (Å²) in [6, 6.07) is 42.5. The van der Waals surface area contributed by atoms with Crippen LogP contribution in [-0.4, -0.2) is 0 Å². The number of rotatable bonds is 3. The van der Waals surface area contributed by atoms with Crippen LogP contribution in [0.25, 0.3) is 76.5 Å². The Morgan fingerprint density at radius 3 is 2.02 bits per heavy atom. The van der Waals surface area contributed by atoms with Crippen LogP contribution >= 0.6 is 0 Å². The maximum absolute atomic E-state index is 6.61. The molecule has 0 bridgehead atoms. The van der Waals surface area contributed by atoms with Gasteiger partial charge >= 0.3 is 0 Å². The van der Waals surface area contributed by atoms with E-state index in [4.69, 9.17) is 4.42 Å². The average molecular weight is 527 g/mol. The van der Waals surface area contributed by atoms with Gasteiger partial charge in [-0.25, -0.2) is 0 Å². The number of hydrogen-bond donors (Lipinski definition) is 0. The van der Waals surface area contributed by atoms with Crippen molar-refractivity contribution in [1.82, 2.24) is 0 Å². The quantitative estimate of drug-likeness (QED) is 0.209. The molecule has 9 rings (SSSR count). The zero-order valence-corrected chi connectivity index (χ0v) is 23.0. The summed E-state index contributed by atoms with van der Waals surface area (Å²) in [5.41, 5.74) is 8.26.